The summed E-state index contributed by atoms with van der Waals surface area (Å²) < 4.78 is 28.4. The van der Waals surface area contributed by atoms with Crippen LogP contribution in [0.25, 0.3) is 0 Å². The summed E-state index contributed by atoms with van der Waals surface area (Å²) >= 11 is 0. The van der Waals surface area contributed by atoms with Gasteiger partial charge in [-0.1, -0.05) is 6.42 Å². The number of aromatic nitrogens is 1. The summed E-state index contributed by atoms with van der Waals surface area (Å²) in [7, 11) is -3.33. The van der Waals surface area contributed by atoms with E-state index in [0.29, 0.717) is 24.5 Å². The van der Waals surface area contributed by atoms with Crippen molar-refractivity contribution in [2.45, 2.75) is 44.2 Å². The molecule has 1 aliphatic rings. The van der Waals surface area contributed by atoms with Crippen molar-refractivity contribution in [1.29, 1.82) is 0 Å². The molecule has 0 radical (unpaired) electrons. The van der Waals surface area contributed by atoms with Gasteiger partial charge in [0.25, 0.3) is 0 Å². The minimum atomic E-state index is -3.33. The smallest absolute Gasteiger partial charge is 0.244 e. The number of aryl methyl sites for hydroxylation is 1. The van der Waals surface area contributed by atoms with Crippen LogP contribution in [0.3, 0.4) is 0 Å². The number of rotatable bonds is 4. The normalized spacial score (nSPS) is 18.1. The van der Waals surface area contributed by atoms with Gasteiger partial charge in [0.1, 0.15) is 4.90 Å². The Kier molecular flexibility index (Phi) is 4.09. The molecule has 102 valence electrons. The molecule has 1 saturated heterocycles. The highest BCUT2D eigenvalue weighted by molar-refractivity contribution is 7.89. The molecule has 2 heterocycles. The zero-order chi connectivity index (χ0) is 13.2. The molecule has 1 aromatic heterocycles. The first kappa shape index (κ1) is 13.6. The fourth-order valence-corrected chi connectivity index (χ4v) is 3.97. The van der Waals surface area contributed by atoms with Gasteiger partial charge in [-0.25, -0.2) is 8.42 Å². The van der Waals surface area contributed by atoms with E-state index in [1.54, 1.807) is 16.6 Å². The molecule has 0 bridgehead atoms. The second-order valence-corrected chi connectivity index (χ2v) is 6.56. The number of hydrogen-bond donors (Lipinski definition) is 1. The summed E-state index contributed by atoms with van der Waals surface area (Å²) in [5.74, 6) is 0. The summed E-state index contributed by atoms with van der Waals surface area (Å²) in [6.07, 6.45) is 4.73. The molecular weight excluding hydrogens is 250 g/mol. The van der Waals surface area contributed by atoms with Crippen LogP contribution in [-0.2, 0) is 23.1 Å². The largest absolute Gasteiger partial charge is 0.349 e. The number of sulfonamides is 1. The average Bonchev–Trinajstić information content (AvgIpc) is 2.83. The number of nitrogens with zero attached hydrogens (tertiary/aromatic N) is 2. The van der Waals surface area contributed by atoms with Gasteiger partial charge in [-0.05, 0) is 25.8 Å². The van der Waals surface area contributed by atoms with Crippen LogP contribution < -0.4 is 5.73 Å². The third kappa shape index (κ3) is 2.46. The Hall–Kier alpha value is -0.850. The van der Waals surface area contributed by atoms with Crippen LogP contribution in [0.4, 0.5) is 0 Å². The zero-order valence-electron chi connectivity index (χ0n) is 10.8. The van der Waals surface area contributed by atoms with Gasteiger partial charge < -0.3 is 10.3 Å². The summed E-state index contributed by atoms with van der Waals surface area (Å²) in [5.41, 5.74) is 6.50. The molecule has 0 aromatic carbocycles. The molecule has 18 heavy (non-hydrogen) atoms. The molecule has 0 atom stereocenters. The molecule has 2 N–H and O–H groups in total. The molecule has 1 fully saturated rings. The Morgan fingerprint density at radius 1 is 1.28 bits per heavy atom. The van der Waals surface area contributed by atoms with Gasteiger partial charge in [-0.2, -0.15) is 4.31 Å². The van der Waals surface area contributed by atoms with Gasteiger partial charge in [0.2, 0.25) is 10.0 Å². The molecule has 0 aliphatic carbocycles. The first-order chi connectivity index (χ1) is 8.59. The van der Waals surface area contributed by atoms with Gasteiger partial charge in [-0.15, -0.1) is 0 Å². The quantitative estimate of drug-likeness (QED) is 0.893. The molecular formula is C12H21N3O2S. The molecule has 5 nitrogen and oxygen atoms in total. The Bertz CT molecular complexity index is 480. The van der Waals surface area contributed by atoms with E-state index in [0.717, 1.165) is 31.5 Å². The van der Waals surface area contributed by atoms with Crippen LogP contribution in [0.1, 0.15) is 31.9 Å². The van der Waals surface area contributed by atoms with Crippen LogP contribution >= 0.6 is 0 Å². The van der Waals surface area contributed by atoms with Gasteiger partial charge >= 0.3 is 0 Å². The highest BCUT2D eigenvalue weighted by Gasteiger charge is 2.27. The maximum Gasteiger partial charge on any atom is 0.244 e. The van der Waals surface area contributed by atoms with Crippen LogP contribution in [0, 0.1) is 0 Å². The van der Waals surface area contributed by atoms with Gasteiger partial charge in [-0.3, -0.25) is 0 Å². The van der Waals surface area contributed by atoms with E-state index in [-0.39, 0.29) is 0 Å². The van der Waals surface area contributed by atoms with Crippen molar-refractivity contribution >= 4 is 10.0 Å². The maximum absolute atomic E-state index is 12.5. The minimum Gasteiger partial charge on any atom is -0.349 e. The van der Waals surface area contributed by atoms with Crippen molar-refractivity contribution in [1.82, 2.24) is 8.87 Å². The van der Waals surface area contributed by atoms with E-state index in [4.69, 9.17) is 5.73 Å². The molecule has 0 spiro atoms. The van der Waals surface area contributed by atoms with Crippen LogP contribution in [0.2, 0.25) is 0 Å². The number of piperidine rings is 1. The minimum absolute atomic E-state index is 0.364. The van der Waals surface area contributed by atoms with Crippen molar-refractivity contribution in [3.63, 3.8) is 0 Å². The third-order valence-corrected chi connectivity index (χ3v) is 5.33. The Morgan fingerprint density at radius 3 is 2.44 bits per heavy atom. The van der Waals surface area contributed by atoms with Crippen LogP contribution in [-0.4, -0.2) is 30.4 Å². The SMILES string of the molecule is CCn1cc(S(=O)(=O)N2CCCCC2)cc1CN. The van der Waals surface area contributed by atoms with Crippen molar-refractivity contribution in [2.75, 3.05) is 13.1 Å². The first-order valence-electron chi connectivity index (χ1n) is 6.49. The molecule has 0 unspecified atom stereocenters. The summed E-state index contributed by atoms with van der Waals surface area (Å²) in [6.45, 7) is 4.36. The second-order valence-electron chi connectivity index (χ2n) is 4.62. The first-order valence-corrected chi connectivity index (χ1v) is 7.93. The van der Waals surface area contributed by atoms with E-state index in [2.05, 4.69) is 0 Å². The van der Waals surface area contributed by atoms with Gasteiger partial charge in [0.15, 0.2) is 0 Å². The fourth-order valence-electron chi connectivity index (χ4n) is 2.39. The topological polar surface area (TPSA) is 68.3 Å². The van der Waals surface area contributed by atoms with E-state index < -0.39 is 10.0 Å². The highest BCUT2D eigenvalue weighted by Crippen LogP contribution is 2.22. The van der Waals surface area contributed by atoms with Gasteiger partial charge in [0, 0.05) is 38.1 Å². The highest BCUT2D eigenvalue weighted by atomic mass is 32.2. The van der Waals surface area contributed by atoms with E-state index in [9.17, 15) is 8.42 Å². The lowest BCUT2D eigenvalue weighted by atomic mass is 10.2. The Labute approximate surface area is 109 Å². The monoisotopic (exact) mass is 271 g/mol. The molecule has 2 rings (SSSR count). The third-order valence-electron chi connectivity index (χ3n) is 3.46. The van der Waals surface area contributed by atoms with E-state index in [1.807, 2.05) is 11.5 Å². The van der Waals surface area contributed by atoms with Gasteiger partial charge in [0.05, 0.1) is 0 Å². The standard InChI is InChI=1S/C12H21N3O2S/c1-2-14-10-12(8-11(14)9-13)18(16,17)15-6-4-3-5-7-15/h8,10H,2-7,9,13H2,1H3. The van der Waals surface area contributed by atoms with Crippen molar-refractivity contribution in [2.24, 2.45) is 5.73 Å². The summed E-state index contributed by atoms with van der Waals surface area (Å²) in [4.78, 5) is 0.381. The predicted molar refractivity (Wildman–Crippen MR) is 70.6 cm³/mol. The Balaban J connectivity index is 2.31. The van der Waals surface area contributed by atoms with Crippen molar-refractivity contribution in [3.8, 4) is 0 Å². The van der Waals surface area contributed by atoms with Crippen molar-refractivity contribution < 1.29 is 8.42 Å². The fraction of sp³-hybridized carbons (Fsp3) is 0.667. The Morgan fingerprint density at radius 2 is 1.94 bits per heavy atom. The lowest BCUT2D eigenvalue weighted by Gasteiger charge is -2.25. The summed E-state index contributed by atoms with van der Waals surface area (Å²) in [6, 6.07) is 1.70. The van der Waals surface area contributed by atoms with E-state index >= 15 is 0 Å². The zero-order valence-corrected chi connectivity index (χ0v) is 11.6. The van der Waals surface area contributed by atoms with Crippen molar-refractivity contribution in [3.05, 3.63) is 18.0 Å². The lowest BCUT2D eigenvalue weighted by molar-refractivity contribution is 0.346. The van der Waals surface area contributed by atoms with Crippen LogP contribution in [0.5, 0.6) is 0 Å². The maximum atomic E-state index is 12.5. The van der Waals surface area contributed by atoms with E-state index in [1.165, 1.54) is 0 Å². The summed E-state index contributed by atoms with van der Waals surface area (Å²) in [5, 5.41) is 0. The van der Waals surface area contributed by atoms with Crippen LogP contribution in [0.15, 0.2) is 17.2 Å². The molecule has 1 aromatic rings. The molecule has 1 aliphatic heterocycles. The number of hydrogen-bond acceptors (Lipinski definition) is 3. The predicted octanol–water partition coefficient (Wildman–Crippen LogP) is 1.14. The molecule has 0 saturated carbocycles. The molecule has 0 amide bonds. The second kappa shape index (κ2) is 5.42. The lowest BCUT2D eigenvalue weighted by Crippen LogP contribution is -2.35. The average molecular weight is 271 g/mol. The number of nitrogens with two attached hydrogens (primary N) is 1. The molecule has 6 heteroatoms.